The lowest BCUT2D eigenvalue weighted by atomic mass is 10.3. The molecule has 0 fully saturated rings. The monoisotopic (exact) mass is 242 g/mol. The number of alkyl halides is 3. The summed E-state index contributed by atoms with van der Waals surface area (Å²) < 4.78 is 35.4. The molecule has 2 N–H and O–H groups in total. The molecular weight excluding hydrogens is 225 g/mol. The third-order valence-corrected chi connectivity index (χ3v) is 1.95. The summed E-state index contributed by atoms with van der Waals surface area (Å²) in [5.41, 5.74) is 0. The smallest absolute Gasteiger partial charge is 0.395 e. The van der Waals surface area contributed by atoms with Crippen LogP contribution in [0.2, 0.25) is 0 Å². The van der Waals surface area contributed by atoms with Crippen molar-refractivity contribution in [2.24, 2.45) is 0 Å². The first-order valence-corrected chi connectivity index (χ1v) is 4.94. The van der Waals surface area contributed by atoms with Gasteiger partial charge >= 0.3 is 6.18 Å². The van der Waals surface area contributed by atoms with E-state index in [0.29, 0.717) is 0 Å². The van der Waals surface area contributed by atoms with Crippen molar-refractivity contribution < 1.29 is 23.1 Å². The number of carbonyl (C=O) groups excluding carboxylic acids is 1. The van der Waals surface area contributed by atoms with Crippen molar-refractivity contribution in [2.45, 2.75) is 26.1 Å². The van der Waals surface area contributed by atoms with E-state index in [-0.39, 0.29) is 25.7 Å². The highest BCUT2D eigenvalue weighted by Gasteiger charge is 2.28. The zero-order valence-electron chi connectivity index (χ0n) is 9.34. The molecule has 4 nitrogen and oxygen atoms in total. The third kappa shape index (κ3) is 7.47. The van der Waals surface area contributed by atoms with Gasteiger partial charge in [-0.2, -0.15) is 13.2 Å². The number of aliphatic hydroxyl groups excluding tert-OH is 1. The number of hydrogen-bond acceptors (Lipinski definition) is 3. The summed E-state index contributed by atoms with van der Waals surface area (Å²) in [5, 5.41) is 10.5. The SMILES string of the molecule is CC(C)N(CCO)CC(=O)NCC(F)(F)F. The van der Waals surface area contributed by atoms with E-state index in [4.69, 9.17) is 5.11 Å². The predicted octanol–water partition coefficient (Wildman–Crippen LogP) is 0.368. The first kappa shape index (κ1) is 15.2. The van der Waals surface area contributed by atoms with Crippen molar-refractivity contribution in [2.75, 3.05) is 26.2 Å². The van der Waals surface area contributed by atoms with E-state index < -0.39 is 18.6 Å². The van der Waals surface area contributed by atoms with Gasteiger partial charge in [0.15, 0.2) is 0 Å². The van der Waals surface area contributed by atoms with E-state index in [1.165, 1.54) is 0 Å². The van der Waals surface area contributed by atoms with Gasteiger partial charge in [0.25, 0.3) is 0 Å². The molecule has 0 aromatic rings. The molecule has 0 aliphatic heterocycles. The summed E-state index contributed by atoms with van der Waals surface area (Å²) in [6.45, 7) is 2.26. The Labute approximate surface area is 92.4 Å². The highest BCUT2D eigenvalue weighted by Crippen LogP contribution is 2.12. The minimum absolute atomic E-state index is 0.0104. The average Bonchev–Trinajstić information content (AvgIpc) is 2.13. The van der Waals surface area contributed by atoms with Gasteiger partial charge in [0.1, 0.15) is 6.54 Å². The van der Waals surface area contributed by atoms with Gasteiger partial charge < -0.3 is 10.4 Å². The van der Waals surface area contributed by atoms with Crippen molar-refractivity contribution in [1.82, 2.24) is 10.2 Å². The fourth-order valence-electron chi connectivity index (χ4n) is 1.09. The number of amides is 1. The Balaban J connectivity index is 4.00. The molecule has 0 bridgehead atoms. The van der Waals surface area contributed by atoms with Gasteiger partial charge in [0.05, 0.1) is 13.2 Å². The molecule has 0 unspecified atom stereocenters. The summed E-state index contributed by atoms with van der Waals surface area (Å²) in [7, 11) is 0. The van der Waals surface area contributed by atoms with Crippen molar-refractivity contribution in [3.63, 3.8) is 0 Å². The lowest BCUT2D eigenvalue weighted by molar-refractivity contribution is -0.139. The van der Waals surface area contributed by atoms with Crippen LogP contribution in [0.3, 0.4) is 0 Å². The highest BCUT2D eigenvalue weighted by atomic mass is 19.4. The number of rotatable bonds is 6. The van der Waals surface area contributed by atoms with Gasteiger partial charge in [-0.15, -0.1) is 0 Å². The second-order valence-electron chi connectivity index (χ2n) is 3.68. The normalized spacial score (nSPS) is 12.2. The Morgan fingerprint density at radius 1 is 1.44 bits per heavy atom. The average molecular weight is 242 g/mol. The summed E-state index contributed by atoms with van der Waals surface area (Å²) in [4.78, 5) is 12.7. The lowest BCUT2D eigenvalue weighted by Crippen LogP contribution is -2.44. The van der Waals surface area contributed by atoms with E-state index in [1.54, 1.807) is 24.1 Å². The molecule has 0 aromatic carbocycles. The number of carbonyl (C=O) groups is 1. The molecule has 1 amide bonds. The molecule has 0 atom stereocenters. The maximum Gasteiger partial charge on any atom is 0.405 e. The summed E-state index contributed by atoms with van der Waals surface area (Å²) in [6, 6.07) is -0.0104. The van der Waals surface area contributed by atoms with Crippen LogP contribution in [0.5, 0.6) is 0 Å². The van der Waals surface area contributed by atoms with Crippen LogP contribution in [0.15, 0.2) is 0 Å². The van der Waals surface area contributed by atoms with Gasteiger partial charge in [-0.25, -0.2) is 0 Å². The first-order chi connectivity index (χ1) is 7.26. The fourth-order valence-corrected chi connectivity index (χ4v) is 1.09. The van der Waals surface area contributed by atoms with E-state index >= 15 is 0 Å². The van der Waals surface area contributed by atoms with Gasteiger partial charge in [0, 0.05) is 12.6 Å². The Morgan fingerprint density at radius 3 is 2.38 bits per heavy atom. The zero-order chi connectivity index (χ0) is 12.8. The van der Waals surface area contributed by atoms with Crippen molar-refractivity contribution in [3.8, 4) is 0 Å². The molecule has 0 saturated carbocycles. The molecule has 7 heteroatoms. The quantitative estimate of drug-likeness (QED) is 0.707. The topological polar surface area (TPSA) is 52.6 Å². The predicted molar refractivity (Wildman–Crippen MR) is 52.9 cm³/mol. The van der Waals surface area contributed by atoms with Gasteiger partial charge in [-0.3, -0.25) is 9.69 Å². The van der Waals surface area contributed by atoms with Crippen molar-refractivity contribution >= 4 is 5.91 Å². The molecule has 0 spiro atoms. The van der Waals surface area contributed by atoms with E-state index in [2.05, 4.69) is 0 Å². The van der Waals surface area contributed by atoms with Gasteiger partial charge in [-0.05, 0) is 13.8 Å². The summed E-state index contributed by atoms with van der Waals surface area (Å²) in [5.74, 6) is -0.695. The molecule has 0 radical (unpaired) electrons. The highest BCUT2D eigenvalue weighted by molar-refractivity contribution is 5.78. The Morgan fingerprint density at radius 2 is 2.00 bits per heavy atom. The maximum atomic E-state index is 11.8. The number of hydrogen-bond donors (Lipinski definition) is 2. The first-order valence-electron chi connectivity index (χ1n) is 4.94. The summed E-state index contributed by atoms with van der Waals surface area (Å²) >= 11 is 0. The fraction of sp³-hybridized carbons (Fsp3) is 0.889. The Hall–Kier alpha value is -0.820. The summed E-state index contributed by atoms with van der Waals surface area (Å²) in [6.07, 6.45) is -4.39. The van der Waals surface area contributed by atoms with Crippen LogP contribution >= 0.6 is 0 Å². The van der Waals surface area contributed by atoms with Crippen LogP contribution in [0, 0.1) is 0 Å². The molecular formula is C9H17F3N2O2. The number of nitrogens with one attached hydrogen (secondary N) is 1. The van der Waals surface area contributed by atoms with Crippen LogP contribution in [-0.2, 0) is 4.79 Å². The minimum Gasteiger partial charge on any atom is -0.395 e. The largest absolute Gasteiger partial charge is 0.405 e. The standard InChI is InChI=1S/C9H17F3N2O2/c1-7(2)14(3-4-15)5-8(16)13-6-9(10,11)12/h7,15H,3-6H2,1-2H3,(H,13,16). The van der Waals surface area contributed by atoms with Crippen LogP contribution < -0.4 is 5.32 Å². The molecule has 0 heterocycles. The maximum absolute atomic E-state index is 11.8. The molecule has 0 rings (SSSR count). The molecule has 0 aliphatic carbocycles. The second kappa shape index (κ2) is 6.70. The minimum atomic E-state index is -4.39. The third-order valence-electron chi connectivity index (χ3n) is 1.95. The van der Waals surface area contributed by atoms with Gasteiger partial charge in [0.2, 0.25) is 5.91 Å². The molecule has 0 aromatic heterocycles. The Bertz CT molecular complexity index is 219. The van der Waals surface area contributed by atoms with E-state index in [9.17, 15) is 18.0 Å². The lowest BCUT2D eigenvalue weighted by Gasteiger charge is -2.24. The van der Waals surface area contributed by atoms with Gasteiger partial charge in [-0.1, -0.05) is 0 Å². The van der Waals surface area contributed by atoms with Crippen LogP contribution in [-0.4, -0.2) is 54.4 Å². The molecule has 0 aliphatic rings. The molecule has 16 heavy (non-hydrogen) atoms. The van der Waals surface area contributed by atoms with Crippen molar-refractivity contribution in [3.05, 3.63) is 0 Å². The second-order valence-corrected chi connectivity index (χ2v) is 3.68. The van der Waals surface area contributed by atoms with Crippen LogP contribution in [0.25, 0.3) is 0 Å². The number of nitrogens with zero attached hydrogens (tertiary/aromatic N) is 1. The number of halogens is 3. The van der Waals surface area contributed by atoms with E-state index in [0.717, 1.165) is 0 Å². The molecule has 96 valence electrons. The molecule has 0 saturated heterocycles. The van der Waals surface area contributed by atoms with Crippen LogP contribution in [0.1, 0.15) is 13.8 Å². The van der Waals surface area contributed by atoms with Crippen LogP contribution in [0.4, 0.5) is 13.2 Å². The Kier molecular flexibility index (Phi) is 6.35. The van der Waals surface area contributed by atoms with E-state index in [1.807, 2.05) is 0 Å². The van der Waals surface area contributed by atoms with Crippen molar-refractivity contribution in [1.29, 1.82) is 0 Å². The zero-order valence-corrected chi connectivity index (χ0v) is 9.34. The number of aliphatic hydroxyl groups is 1.